The highest BCUT2D eigenvalue weighted by molar-refractivity contribution is 7.91. The quantitative estimate of drug-likeness (QED) is 0.795. The molecule has 2 aliphatic heterocycles. The van der Waals surface area contributed by atoms with Gasteiger partial charge in [-0.05, 0) is 45.7 Å². The number of thiophene rings is 1. The largest absolute Gasteiger partial charge is 0.369 e. The van der Waals surface area contributed by atoms with E-state index < -0.39 is 10.0 Å². The van der Waals surface area contributed by atoms with E-state index in [1.807, 2.05) is 25.7 Å². The fourth-order valence-electron chi connectivity index (χ4n) is 3.55. The Kier molecular flexibility index (Phi) is 5.26. The molecule has 0 bridgehead atoms. The minimum atomic E-state index is -3.40. The highest BCUT2D eigenvalue weighted by Crippen LogP contribution is 2.28. The van der Waals surface area contributed by atoms with Gasteiger partial charge in [-0.1, -0.05) is 0 Å². The normalized spacial score (nSPS) is 24.6. The topological polar surface area (TPSA) is 66.9 Å². The second kappa shape index (κ2) is 6.98. The number of carbonyl (C=O) groups is 1. The van der Waals surface area contributed by atoms with Crippen LogP contribution in [0.4, 0.5) is 0 Å². The number of sulfonamides is 1. The number of carbonyl (C=O) groups excluding carboxylic acids is 1. The molecule has 8 heteroatoms. The number of hydrogen-bond acceptors (Lipinski definition) is 5. The molecule has 0 aliphatic carbocycles. The van der Waals surface area contributed by atoms with E-state index in [1.54, 1.807) is 12.1 Å². The zero-order valence-electron chi connectivity index (χ0n) is 15.0. The summed E-state index contributed by atoms with van der Waals surface area (Å²) in [6.07, 6.45) is 2.08. The van der Waals surface area contributed by atoms with Crippen LogP contribution in [0.3, 0.4) is 0 Å². The Morgan fingerprint density at radius 3 is 2.64 bits per heavy atom. The Labute approximate surface area is 153 Å². The number of hydrogen-bond donors (Lipinski definition) is 0. The third-order valence-corrected chi connectivity index (χ3v) is 7.99. The lowest BCUT2D eigenvalue weighted by Crippen LogP contribution is -2.54. The maximum atomic E-state index is 12.6. The predicted octanol–water partition coefficient (Wildman–Crippen LogP) is 2.10. The van der Waals surface area contributed by atoms with Gasteiger partial charge in [-0.2, -0.15) is 4.31 Å². The van der Waals surface area contributed by atoms with Gasteiger partial charge < -0.3 is 9.64 Å². The Hall–Kier alpha value is -0.960. The van der Waals surface area contributed by atoms with Crippen LogP contribution in [0.1, 0.15) is 38.5 Å². The van der Waals surface area contributed by atoms with E-state index in [4.69, 9.17) is 4.74 Å². The molecule has 2 aliphatic rings. The molecule has 25 heavy (non-hydrogen) atoms. The van der Waals surface area contributed by atoms with Crippen LogP contribution in [0.5, 0.6) is 0 Å². The fraction of sp³-hybridized carbons (Fsp3) is 0.706. The Balaban J connectivity index is 1.68. The summed E-state index contributed by atoms with van der Waals surface area (Å²) in [7, 11) is -3.40. The van der Waals surface area contributed by atoms with Gasteiger partial charge in [0, 0.05) is 31.1 Å². The molecule has 2 saturated heterocycles. The van der Waals surface area contributed by atoms with Crippen molar-refractivity contribution in [3.05, 3.63) is 17.0 Å². The zero-order valence-corrected chi connectivity index (χ0v) is 16.7. The van der Waals surface area contributed by atoms with Crippen molar-refractivity contribution in [2.75, 3.05) is 26.2 Å². The van der Waals surface area contributed by atoms with Crippen molar-refractivity contribution >= 4 is 27.3 Å². The summed E-state index contributed by atoms with van der Waals surface area (Å²) in [5, 5.41) is 0. The maximum Gasteiger partial charge on any atom is 0.252 e. The first-order chi connectivity index (χ1) is 11.7. The number of nitrogens with zero attached hydrogens (tertiary/aromatic N) is 2. The third kappa shape index (κ3) is 4.24. The van der Waals surface area contributed by atoms with Crippen molar-refractivity contribution in [2.24, 2.45) is 0 Å². The van der Waals surface area contributed by atoms with E-state index in [-0.39, 0.29) is 24.0 Å². The number of ether oxygens (including phenoxy) is 1. The van der Waals surface area contributed by atoms with E-state index in [1.165, 1.54) is 15.6 Å². The second-order valence-corrected chi connectivity index (χ2v) is 10.8. The van der Waals surface area contributed by atoms with Crippen molar-refractivity contribution in [1.29, 1.82) is 0 Å². The van der Waals surface area contributed by atoms with Crippen LogP contribution in [0.25, 0.3) is 0 Å². The highest BCUT2D eigenvalue weighted by Gasteiger charge is 2.34. The molecule has 0 N–H and O–H groups in total. The van der Waals surface area contributed by atoms with Crippen molar-refractivity contribution in [3.8, 4) is 0 Å². The van der Waals surface area contributed by atoms with Crippen LogP contribution in [0, 0.1) is 0 Å². The Morgan fingerprint density at radius 1 is 1.32 bits per heavy atom. The summed E-state index contributed by atoms with van der Waals surface area (Å²) in [4.78, 5) is 15.2. The van der Waals surface area contributed by atoms with Crippen LogP contribution in [0.2, 0.25) is 0 Å². The minimum Gasteiger partial charge on any atom is -0.369 e. The number of amides is 1. The van der Waals surface area contributed by atoms with Crippen LogP contribution in [-0.2, 0) is 26.0 Å². The molecule has 6 nitrogen and oxygen atoms in total. The predicted molar refractivity (Wildman–Crippen MR) is 97.2 cm³/mol. The lowest BCUT2D eigenvalue weighted by Gasteiger charge is -2.41. The summed E-state index contributed by atoms with van der Waals surface area (Å²) in [6.45, 7) is 8.24. The number of morpholine rings is 1. The van der Waals surface area contributed by atoms with Gasteiger partial charge in [0.2, 0.25) is 5.91 Å². The second-order valence-electron chi connectivity index (χ2n) is 7.47. The molecule has 0 radical (unpaired) electrons. The molecule has 1 aromatic rings. The molecular weight excluding hydrogens is 360 g/mol. The molecule has 0 saturated carbocycles. The lowest BCUT2D eigenvalue weighted by molar-refractivity contribution is -0.157. The van der Waals surface area contributed by atoms with Gasteiger partial charge >= 0.3 is 0 Å². The van der Waals surface area contributed by atoms with Crippen LogP contribution in [0.15, 0.2) is 16.3 Å². The van der Waals surface area contributed by atoms with E-state index in [9.17, 15) is 13.2 Å². The molecule has 3 rings (SSSR count). The Morgan fingerprint density at radius 2 is 2.00 bits per heavy atom. The summed E-state index contributed by atoms with van der Waals surface area (Å²) in [5.41, 5.74) is -0.354. The first-order valence-electron chi connectivity index (χ1n) is 8.72. The summed E-state index contributed by atoms with van der Waals surface area (Å²) in [6, 6.07) is 3.40. The van der Waals surface area contributed by atoms with Gasteiger partial charge in [0.05, 0.1) is 18.1 Å². The van der Waals surface area contributed by atoms with Crippen LogP contribution >= 0.6 is 11.3 Å². The highest BCUT2D eigenvalue weighted by atomic mass is 32.2. The van der Waals surface area contributed by atoms with Gasteiger partial charge in [-0.15, -0.1) is 11.3 Å². The zero-order chi connectivity index (χ0) is 18.2. The fourth-order valence-corrected chi connectivity index (χ4v) is 6.57. The van der Waals surface area contributed by atoms with Crippen molar-refractivity contribution in [1.82, 2.24) is 9.21 Å². The van der Waals surface area contributed by atoms with E-state index in [2.05, 4.69) is 0 Å². The standard InChI is InChI=1S/C17H26N2O4S2/c1-13-11-18(12-17(2,3)23-13)15(20)10-14-6-7-16(24-14)25(21,22)19-8-4-5-9-19/h6-7,13H,4-5,8-12H2,1-3H3. The van der Waals surface area contributed by atoms with Crippen molar-refractivity contribution in [2.45, 2.75) is 55.9 Å². The average Bonchev–Trinajstić information content (AvgIpc) is 3.17. The molecule has 2 fully saturated rings. The SMILES string of the molecule is CC1CN(C(=O)Cc2ccc(S(=O)(=O)N3CCCC3)s2)CC(C)(C)O1. The molecule has 140 valence electrons. The maximum absolute atomic E-state index is 12.6. The molecule has 0 spiro atoms. The minimum absolute atomic E-state index is 0.00198. The van der Waals surface area contributed by atoms with Crippen molar-refractivity contribution < 1.29 is 17.9 Å². The van der Waals surface area contributed by atoms with Gasteiger partial charge in [-0.25, -0.2) is 8.42 Å². The molecule has 1 amide bonds. The van der Waals surface area contributed by atoms with Crippen LogP contribution in [-0.4, -0.2) is 61.4 Å². The molecular formula is C17H26N2O4S2. The Bertz CT molecular complexity index is 736. The molecule has 1 unspecified atom stereocenters. The monoisotopic (exact) mass is 386 g/mol. The van der Waals surface area contributed by atoms with Crippen LogP contribution < -0.4 is 0 Å². The molecule has 3 heterocycles. The molecule has 0 aromatic carbocycles. The molecule has 1 atom stereocenters. The third-order valence-electron chi connectivity index (χ3n) is 4.54. The summed E-state index contributed by atoms with van der Waals surface area (Å²) < 4.78 is 32.9. The summed E-state index contributed by atoms with van der Waals surface area (Å²) >= 11 is 1.21. The number of rotatable bonds is 4. The smallest absolute Gasteiger partial charge is 0.252 e. The van der Waals surface area contributed by atoms with Gasteiger partial charge in [-0.3, -0.25) is 4.79 Å². The van der Waals surface area contributed by atoms with E-state index in [0.717, 1.165) is 17.7 Å². The van der Waals surface area contributed by atoms with Gasteiger partial charge in [0.15, 0.2) is 0 Å². The lowest BCUT2D eigenvalue weighted by atomic mass is 10.1. The van der Waals surface area contributed by atoms with Gasteiger partial charge in [0.25, 0.3) is 10.0 Å². The average molecular weight is 387 g/mol. The first-order valence-corrected chi connectivity index (χ1v) is 11.0. The van der Waals surface area contributed by atoms with E-state index >= 15 is 0 Å². The summed E-state index contributed by atoms with van der Waals surface area (Å²) in [5.74, 6) is 0.0233. The first kappa shape index (κ1) is 18.8. The van der Waals surface area contributed by atoms with E-state index in [0.29, 0.717) is 30.4 Å². The molecule has 1 aromatic heterocycles. The van der Waals surface area contributed by atoms with Crippen molar-refractivity contribution in [3.63, 3.8) is 0 Å². The van der Waals surface area contributed by atoms with Gasteiger partial charge in [0.1, 0.15) is 4.21 Å².